The third-order valence-electron chi connectivity index (χ3n) is 10.6. The Morgan fingerprint density at radius 1 is 0.792 bits per heavy atom. The van der Waals surface area contributed by atoms with Crippen LogP contribution < -0.4 is 10.4 Å². The number of alkyl halides is 1. The first-order chi connectivity index (χ1) is 23.5. The normalized spacial score (nSPS) is 19.2. The number of nitrogens with zero attached hydrogens (tertiary/aromatic N) is 4. The Hall–Kier alpha value is -4.98. The maximum Gasteiger partial charge on any atom is 0.150 e. The lowest BCUT2D eigenvalue weighted by atomic mass is 9.77. The van der Waals surface area contributed by atoms with Gasteiger partial charge in [-0.1, -0.05) is 97.7 Å². The van der Waals surface area contributed by atoms with Crippen LogP contribution in [0.1, 0.15) is 35.0 Å². The zero-order valence-electron chi connectivity index (χ0n) is 26.5. The second-order valence-corrected chi connectivity index (χ2v) is 19.0. The zero-order valence-corrected chi connectivity index (χ0v) is 28.3. The third kappa shape index (κ3) is 3.95. The number of aromatic nitrogens is 4. The Labute approximate surface area is 283 Å². The summed E-state index contributed by atoms with van der Waals surface area (Å²) in [5, 5.41) is 5.25. The van der Waals surface area contributed by atoms with E-state index in [1.165, 1.54) is 31.1 Å². The summed E-state index contributed by atoms with van der Waals surface area (Å²) in [7, 11) is -1.92. The number of para-hydroxylation sites is 1. The molecule has 7 heteroatoms. The first-order valence-corrected chi connectivity index (χ1v) is 20.3. The van der Waals surface area contributed by atoms with Crippen LogP contribution in [0.5, 0.6) is 0 Å². The van der Waals surface area contributed by atoms with Gasteiger partial charge >= 0.3 is 0 Å². The largest absolute Gasteiger partial charge is 0.303 e. The van der Waals surface area contributed by atoms with Gasteiger partial charge in [0.25, 0.3) is 0 Å². The van der Waals surface area contributed by atoms with Crippen LogP contribution in [0.25, 0.3) is 33.3 Å². The van der Waals surface area contributed by atoms with Gasteiger partial charge in [0, 0.05) is 56.7 Å². The molecule has 232 valence electrons. The second kappa shape index (κ2) is 10.3. The highest BCUT2D eigenvalue weighted by atomic mass is 32.2. The minimum Gasteiger partial charge on any atom is -0.303 e. The number of rotatable bonds is 3. The predicted octanol–water partition coefficient (Wildman–Crippen LogP) is 9.04. The molecule has 0 radical (unpaired) electrons. The van der Waals surface area contributed by atoms with Crippen molar-refractivity contribution in [1.82, 2.24) is 19.1 Å². The molecule has 0 saturated carbocycles. The molecule has 3 atom stereocenters. The van der Waals surface area contributed by atoms with E-state index in [4.69, 9.17) is 9.97 Å². The van der Waals surface area contributed by atoms with Gasteiger partial charge in [-0.25, -0.2) is 14.4 Å². The molecular weight excluding hydrogens is 628 g/mol. The zero-order chi connectivity index (χ0) is 32.1. The first-order valence-electron chi connectivity index (χ1n) is 16.5. The van der Waals surface area contributed by atoms with E-state index in [9.17, 15) is 0 Å². The average molecular weight is 659 g/mol. The van der Waals surface area contributed by atoms with Gasteiger partial charge in [-0.15, -0.1) is 0 Å². The molecule has 0 amide bonds. The molecule has 10 rings (SSSR count). The molecule has 1 aliphatic carbocycles. The van der Waals surface area contributed by atoms with Crippen molar-refractivity contribution in [3.8, 4) is 11.4 Å². The SMILES string of the molecule is C[Si]1(C)c2ccccc2Sc2cc3c(cc21)c1cccnc1n3-c1cccc(C(F)C2=CC3c4nccn4-c4ccccc4C3C=C2)c1. The molecular formula is C41H31FN4SSi. The van der Waals surface area contributed by atoms with Crippen molar-refractivity contribution < 1.29 is 4.39 Å². The summed E-state index contributed by atoms with van der Waals surface area (Å²) < 4.78 is 21.1. The van der Waals surface area contributed by atoms with Crippen molar-refractivity contribution in [3.05, 3.63) is 156 Å². The van der Waals surface area contributed by atoms with Gasteiger partial charge in [0.15, 0.2) is 6.17 Å². The minimum absolute atomic E-state index is 0.0283. The molecule has 4 nitrogen and oxygen atoms in total. The highest BCUT2D eigenvalue weighted by molar-refractivity contribution is 8.00. The number of fused-ring (bicyclic) bond motifs is 11. The summed E-state index contributed by atoms with van der Waals surface area (Å²) in [5.41, 5.74) is 6.57. The van der Waals surface area contributed by atoms with Crippen LogP contribution in [-0.4, -0.2) is 27.2 Å². The smallest absolute Gasteiger partial charge is 0.150 e. The lowest BCUT2D eigenvalue weighted by molar-refractivity contribution is 0.396. The lowest BCUT2D eigenvalue weighted by Gasteiger charge is -2.33. The summed E-state index contributed by atoms with van der Waals surface area (Å²) in [6.07, 6.45) is 10.6. The number of pyridine rings is 1. The van der Waals surface area contributed by atoms with Crippen LogP contribution in [0.2, 0.25) is 13.1 Å². The molecule has 0 fully saturated rings. The van der Waals surface area contributed by atoms with Crippen molar-refractivity contribution in [2.45, 2.75) is 40.9 Å². The molecule has 7 aromatic rings. The predicted molar refractivity (Wildman–Crippen MR) is 196 cm³/mol. The van der Waals surface area contributed by atoms with E-state index in [0.717, 1.165) is 33.7 Å². The Balaban J connectivity index is 1.08. The summed E-state index contributed by atoms with van der Waals surface area (Å²) in [6, 6.07) is 34.2. The monoisotopic (exact) mass is 658 g/mol. The average Bonchev–Trinajstić information content (AvgIpc) is 3.74. The van der Waals surface area contributed by atoms with Crippen molar-refractivity contribution in [1.29, 1.82) is 0 Å². The van der Waals surface area contributed by atoms with Crippen LogP contribution >= 0.6 is 11.8 Å². The van der Waals surface area contributed by atoms with Gasteiger partial charge in [-0.2, -0.15) is 0 Å². The van der Waals surface area contributed by atoms with Crippen molar-refractivity contribution in [2.24, 2.45) is 0 Å². The highest BCUT2D eigenvalue weighted by Gasteiger charge is 2.37. The molecule has 0 saturated heterocycles. The molecule has 0 bridgehead atoms. The fraction of sp³-hybridized carbons (Fsp3) is 0.122. The fourth-order valence-electron chi connectivity index (χ4n) is 8.21. The molecule has 5 heterocycles. The maximum absolute atomic E-state index is 16.7. The number of imidazole rings is 1. The molecule has 3 unspecified atom stereocenters. The molecule has 3 aliphatic rings. The fourth-order valence-corrected chi connectivity index (χ4v) is 13.6. The van der Waals surface area contributed by atoms with E-state index in [1.54, 1.807) is 0 Å². The molecule has 0 spiro atoms. The Morgan fingerprint density at radius 3 is 2.60 bits per heavy atom. The summed E-state index contributed by atoms with van der Waals surface area (Å²) in [4.78, 5) is 12.3. The van der Waals surface area contributed by atoms with Gasteiger partial charge in [-0.05, 0) is 69.5 Å². The molecule has 2 aliphatic heterocycles. The summed E-state index contributed by atoms with van der Waals surface area (Å²) >= 11 is 1.86. The molecule has 48 heavy (non-hydrogen) atoms. The van der Waals surface area contributed by atoms with Crippen molar-refractivity contribution in [3.63, 3.8) is 0 Å². The van der Waals surface area contributed by atoms with Gasteiger partial charge in [0.1, 0.15) is 19.5 Å². The van der Waals surface area contributed by atoms with Crippen LogP contribution in [0.3, 0.4) is 0 Å². The van der Waals surface area contributed by atoms with E-state index < -0.39 is 14.2 Å². The standard InChI is InChI=1S/C41H31FN4SSi/c1-48(2)37-15-6-5-14-35(37)47-36-24-34-31(23-38(36)48)30-12-8-18-43-41(30)46(34)27-10-7-9-25(21-27)39(42)26-16-17-28-29-11-3-4-13-33(29)45-20-19-44-40(45)32(28)22-26/h3-24,28,32,39H,1-2H3. The topological polar surface area (TPSA) is 35.6 Å². The quantitative estimate of drug-likeness (QED) is 0.178. The van der Waals surface area contributed by atoms with Gasteiger partial charge in [-0.3, -0.25) is 4.57 Å². The van der Waals surface area contributed by atoms with Gasteiger partial charge < -0.3 is 4.57 Å². The van der Waals surface area contributed by atoms with Crippen LogP contribution in [0, 0.1) is 0 Å². The van der Waals surface area contributed by atoms with E-state index in [-0.39, 0.29) is 11.8 Å². The van der Waals surface area contributed by atoms with Crippen molar-refractivity contribution >= 4 is 52.1 Å². The summed E-state index contributed by atoms with van der Waals surface area (Å²) in [6.45, 7) is 4.91. The number of hydrogen-bond donors (Lipinski definition) is 0. The van der Waals surface area contributed by atoms with Gasteiger partial charge in [0.2, 0.25) is 0 Å². The molecule has 4 aromatic carbocycles. The second-order valence-electron chi connectivity index (χ2n) is 13.5. The Kier molecular flexibility index (Phi) is 6.00. The van der Waals surface area contributed by atoms with E-state index in [0.29, 0.717) is 11.1 Å². The minimum atomic E-state index is -1.92. The molecule has 3 aromatic heterocycles. The van der Waals surface area contributed by atoms with Crippen molar-refractivity contribution in [2.75, 3.05) is 0 Å². The Bertz CT molecular complexity index is 2520. The molecule has 0 N–H and O–H groups in total. The van der Waals surface area contributed by atoms with E-state index >= 15 is 4.39 Å². The Morgan fingerprint density at radius 2 is 1.67 bits per heavy atom. The van der Waals surface area contributed by atoms with E-state index in [1.807, 2.05) is 60.7 Å². The maximum atomic E-state index is 16.7. The highest BCUT2D eigenvalue weighted by Crippen LogP contribution is 2.47. The van der Waals surface area contributed by atoms with Crippen LogP contribution in [0.15, 0.2) is 149 Å². The van der Waals surface area contributed by atoms with Crippen LogP contribution in [0.4, 0.5) is 4.39 Å². The lowest BCUT2D eigenvalue weighted by Crippen LogP contribution is -2.56. The number of benzene rings is 4. The number of hydrogen-bond acceptors (Lipinski definition) is 3. The van der Waals surface area contributed by atoms with E-state index in [2.05, 4.69) is 107 Å². The number of halogens is 1. The van der Waals surface area contributed by atoms with Gasteiger partial charge in [0.05, 0.1) is 11.2 Å². The number of allylic oxidation sites excluding steroid dienone is 4. The summed E-state index contributed by atoms with van der Waals surface area (Å²) in [5.74, 6) is 1.05. The van der Waals surface area contributed by atoms with Crippen LogP contribution in [-0.2, 0) is 0 Å². The first kappa shape index (κ1) is 28.1. The third-order valence-corrected chi connectivity index (χ3v) is 15.6.